The van der Waals surface area contributed by atoms with E-state index in [9.17, 15) is 22.0 Å². The molecule has 3 rings (SSSR count). The molecule has 0 saturated heterocycles. The Labute approximate surface area is 135 Å². The molecule has 0 aromatic rings. The highest BCUT2D eigenvalue weighted by molar-refractivity contribution is 7.85. The Morgan fingerprint density at radius 2 is 1.83 bits per heavy atom. The van der Waals surface area contributed by atoms with Crippen LogP contribution in [-0.2, 0) is 14.9 Å². The number of carbonyl (C=O) groups is 1. The van der Waals surface area contributed by atoms with Gasteiger partial charge in [0.1, 0.15) is 5.75 Å². The minimum absolute atomic E-state index is 0.169. The Morgan fingerprint density at radius 1 is 1.13 bits per heavy atom. The summed E-state index contributed by atoms with van der Waals surface area (Å²) in [5.74, 6) is -4.78. The van der Waals surface area contributed by atoms with Crippen molar-refractivity contribution in [2.75, 3.05) is 12.3 Å². The van der Waals surface area contributed by atoms with Crippen LogP contribution in [0.1, 0.15) is 38.5 Å². The van der Waals surface area contributed by atoms with Gasteiger partial charge in [0.05, 0.1) is 0 Å². The van der Waals surface area contributed by atoms with Crippen molar-refractivity contribution in [3.63, 3.8) is 0 Å². The summed E-state index contributed by atoms with van der Waals surface area (Å²) in [6, 6.07) is 0. The molecule has 5 atom stereocenters. The monoisotopic (exact) mass is 351 g/mol. The molecule has 3 aliphatic rings. The number of halogens is 2. The van der Waals surface area contributed by atoms with Crippen molar-refractivity contribution in [3.8, 4) is 0 Å². The average Bonchev–Trinajstić information content (AvgIpc) is 2.39. The molecule has 8 heteroatoms. The molecular weight excluding hydrogens is 328 g/mol. The topological polar surface area (TPSA) is 83.5 Å². The molecule has 3 fully saturated rings. The number of rotatable bonds is 5. The second-order valence-electron chi connectivity index (χ2n) is 7.58. The lowest BCUT2D eigenvalue weighted by atomic mass is 9.54. The van der Waals surface area contributed by atoms with Gasteiger partial charge in [0.15, 0.2) is 0 Å². The molecule has 0 spiro atoms. The number of amides is 1. The van der Waals surface area contributed by atoms with Crippen LogP contribution in [-0.4, -0.2) is 37.1 Å². The molecule has 1 amide bonds. The highest BCUT2D eigenvalue weighted by Crippen LogP contribution is 2.54. The van der Waals surface area contributed by atoms with Crippen LogP contribution in [0, 0.1) is 29.6 Å². The van der Waals surface area contributed by atoms with Crippen LogP contribution in [0.4, 0.5) is 8.78 Å². The van der Waals surface area contributed by atoms with Crippen molar-refractivity contribution in [2.45, 2.75) is 44.4 Å². The Balaban J connectivity index is 1.58. The SMILES string of the molecule is O=C(NCC1CC2CC3CCC1C(C3)C2)C(F)(F)CS(=O)(=O)O. The van der Waals surface area contributed by atoms with E-state index in [1.54, 1.807) is 0 Å². The summed E-state index contributed by atoms with van der Waals surface area (Å²) in [6.45, 7) is 0.169. The molecule has 0 radical (unpaired) electrons. The van der Waals surface area contributed by atoms with Crippen LogP contribution in [0.25, 0.3) is 0 Å². The lowest BCUT2D eigenvalue weighted by Gasteiger charge is -2.52. The maximum absolute atomic E-state index is 13.5. The molecule has 0 aromatic heterocycles. The third kappa shape index (κ3) is 3.84. The van der Waals surface area contributed by atoms with E-state index >= 15 is 0 Å². The summed E-state index contributed by atoms with van der Waals surface area (Å²) >= 11 is 0. The van der Waals surface area contributed by atoms with E-state index < -0.39 is 27.7 Å². The first kappa shape index (κ1) is 17.1. The zero-order valence-electron chi connectivity index (χ0n) is 12.9. The second-order valence-corrected chi connectivity index (χ2v) is 9.03. The first-order chi connectivity index (χ1) is 10.6. The lowest BCUT2D eigenvalue weighted by molar-refractivity contribution is -0.143. The van der Waals surface area contributed by atoms with Gasteiger partial charge in [-0.15, -0.1) is 0 Å². The standard InChI is InChI=1S/C15H23F2NO4S/c16-15(17,8-23(20,21)22)14(19)18-7-12-6-10-3-9-1-2-13(12)11(4-9)5-10/h9-13H,1-8H2,(H,18,19)(H,20,21,22). The van der Waals surface area contributed by atoms with E-state index in [1.807, 2.05) is 0 Å². The fourth-order valence-corrected chi connectivity index (χ4v) is 5.75. The van der Waals surface area contributed by atoms with Crippen molar-refractivity contribution in [1.29, 1.82) is 0 Å². The summed E-state index contributed by atoms with van der Waals surface area (Å²) in [4.78, 5) is 11.6. The van der Waals surface area contributed by atoms with Crippen LogP contribution >= 0.6 is 0 Å². The first-order valence-electron chi connectivity index (χ1n) is 8.25. The van der Waals surface area contributed by atoms with Gasteiger partial charge >= 0.3 is 5.92 Å². The Hall–Kier alpha value is -0.760. The molecule has 3 bridgehead atoms. The fraction of sp³-hybridized carbons (Fsp3) is 0.933. The average molecular weight is 351 g/mol. The summed E-state index contributed by atoms with van der Waals surface area (Å²) < 4.78 is 56.8. The van der Waals surface area contributed by atoms with Crippen molar-refractivity contribution in [3.05, 3.63) is 0 Å². The van der Waals surface area contributed by atoms with Crippen LogP contribution in [0.5, 0.6) is 0 Å². The molecule has 3 aliphatic carbocycles. The van der Waals surface area contributed by atoms with E-state index in [4.69, 9.17) is 4.55 Å². The summed E-state index contributed by atoms with van der Waals surface area (Å²) in [5, 5.41) is 2.22. The third-order valence-electron chi connectivity index (χ3n) is 5.91. The molecule has 2 N–H and O–H groups in total. The van der Waals surface area contributed by atoms with Crippen LogP contribution in [0.15, 0.2) is 0 Å². The Morgan fingerprint density at radius 3 is 2.52 bits per heavy atom. The van der Waals surface area contributed by atoms with E-state index in [0.717, 1.165) is 18.8 Å². The normalized spacial score (nSPS) is 36.7. The minimum Gasteiger partial charge on any atom is -0.351 e. The van der Waals surface area contributed by atoms with Crippen LogP contribution in [0.2, 0.25) is 0 Å². The molecule has 3 saturated carbocycles. The maximum atomic E-state index is 13.5. The van der Waals surface area contributed by atoms with Crippen molar-refractivity contribution >= 4 is 16.0 Å². The Bertz CT molecular complexity index is 574. The number of carbonyl (C=O) groups excluding carboxylic acids is 1. The Kier molecular flexibility index (Phi) is 4.42. The number of nitrogens with one attached hydrogen (secondary N) is 1. The van der Waals surface area contributed by atoms with Gasteiger partial charge in [-0.2, -0.15) is 17.2 Å². The van der Waals surface area contributed by atoms with E-state index in [-0.39, 0.29) is 12.5 Å². The maximum Gasteiger partial charge on any atom is 0.340 e. The van der Waals surface area contributed by atoms with E-state index in [1.165, 1.54) is 25.7 Å². The second kappa shape index (κ2) is 5.95. The van der Waals surface area contributed by atoms with Crippen molar-refractivity contribution < 1.29 is 26.5 Å². The molecule has 0 heterocycles. The zero-order chi connectivity index (χ0) is 16.8. The predicted octanol–water partition coefficient (Wildman–Crippen LogP) is 2.09. The number of hydrogen-bond donors (Lipinski definition) is 2. The van der Waals surface area contributed by atoms with Crippen molar-refractivity contribution in [2.24, 2.45) is 29.6 Å². The zero-order valence-corrected chi connectivity index (χ0v) is 13.7. The van der Waals surface area contributed by atoms with Crippen LogP contribution in [0.3, 0.4) is 0 Å². The largest absolute Gasteiger partial charge is 0.351 e. The van der Waals surface area contributed by atoms with Gasteiger partial charge in [0.25, 0.3) is 16.0 Å². The fourth-order valence-electron chi connectivity index (χ4n) is 5.16. The quantitative estimate of drug-likeness (QED) is 0.743. The highest BCUT2D eigenvalue weighted by atomic mass is 32.2. The van der Waals surface area contributed by atoms with Gasteiger partial charge in [-0.05, 0) is 61.7 Å². The lowest BCUT2D eigenvalue weighted by Crippen LogP contribution is -2.50. The third-order valence-corrected chi connectivity index (χ3v) is 6.64. The van der Waals surface area contributed by atoms with Crippen LogP contribution < -0.4 is 5.32 Å². The van der Waals surface area contributed by atoms with E-state index in [0.29, 0.717) is 17.8 Å². The molecule has 23 heavy (non-hydrogen) atoms. The number of hydrogen-bond acceptors (Lipinski definition) is 3. The summed E-state index contributed by atoms with van der Waals surface area (Å²) in [5.41, 5.74) is 0. The number of fused-ring (bicyclic) bond motifs is 2. The van der Waals surface area contributed by atoms with Gasteiger partial charge in [0.2, 0.25) is 0 Å². The van der Waals surface area contributed by atoms with E-state index in [2.05, 4.69) is 5.32 Å². The van der Waals surface area contributed by atoms with Gasteiger partial charge in [-0.25, -0.2) is 0 Å². The molecule has 132 valence electrons. The van der Waals surface area contributed by atoms with Gasteiger partial charge in [-0.3, -0.25) is 9.35 Å². The number of alkyl halides is 2. The van der Waals surface area contributed by atoms with Gasteiger partial charge in [-0.1, -0.05) is 6.42 Å². The molecule has 5 nitrogen and oxygen atoms in total. The predicted molar refractivity (Wildman–Crippen MR) is 79.5 cm³/mol. The molecular formula is C15H23F2NO4S. The smallest absolute Gasteiger partial charge is 0.340 e. The summed E-state index contributed by atoms with van der Waals surface area (Å²) in [7, 11) is -4.90. The molecule has 5 unspecified atom stereocenters. The highest BCUT2D eigenvalue weighted by Gasteiger charge is 2.47. The molecule has 0 aliphatic heterocycles. The van der Waals surface area contributed by atoms with Gasteiger partial charge in [0, 0.05) is 6.54 Å². The van der Waals surface area contributed by atoms with Gasteiger partial charge < -0.3 is 5.32 Å². The first-order valence-corrected chi connectivity index (χ1v) is 9.86. The van der Waals surface area contributed by atoms with Crippen molar-refractivity contribution in [1.82, 2.24) is 5.32 Å². The summed E-state index contributed by atoms with van der Waals surface area (Å²) in [6.07, 6.45) is 6.93. The molecule has 0 aromatic carbocycles. The minimum atomic E-state index is -4.90.